The number of aryl methyl sites for hydroxylation is 1. The number of rotatable bonds is 5. The van der Waals surface area contributed by atoms with Gasteiger partial charge in [-0.2, -0.15) is 0 Å². The van der Waals surface area contributed by atoms with Gasteiger partial charge in [0.15, 0.2) is 0 Å². The summed E-state index contributed by atoms with van der Waals surface area (Å²) >= 11 is 0.433. The van der Waals surface area contributed by atoms with Crippen LogP contribution in [-0.4, -0.2) is 32.4 Å². The van der Waals surface area contributed by atoms with Crippen molar-refractivity contribution in [2.75, 3.05) is 17.3 Å². The van der Waals surface area contributed by atoms with Crippen molar-refractivity contribution in [3.63, 3.8) is 0 Å². The summed E-state index contributed by atoms with van der Waals surface area (Å²) in [6.45, 7) is 3.63. The third-order valence-electron chi connectivity index (χ3n) is 2.87. The summed E-state index contributed by atoms with van der Waals surface area (Å²) in [7, 11) is 0. The molecule has 2 unspecified atom stereocenters. The molecule has 1 N–H and O–H groups in total. The van der Waals surface area contributed by atoms with Crippen LogP contribution in [0.2, 0.25) is 0 Å². The second-order valence-corrected chi connectivity index (χ2v) is 7.28. The van der Waals surface area contributed by atoms with Gasteiger partial charge in [-0.3, -0.25) is 9.78 Å². The first-order chi connectivity index (χ1) is 9.97. The minimum Gasteiger partial charge on any atom is -0.617 e. The minimum atomic E-state index is -0.985. The predicted octanol–water partition coefficient (Wildman–Crippen LogP) is 2.47. The van der Waals surface area contributed by atoms with Crippen molar-refractivity contribution in [1.29, 1.82) is 0 Å². The second kappa shape index (κ2) is 7.02. The van der Waals surface area contributed by atoms with E-state index in [-0.39, 0.29) is 11.8 Å². The molecule has 0 aliphatic heterocycles. The van der Waals surface area contributed by atoms with Gasteiger partial charge in [-0.15, -0.1) is 0 Å². The molecule has 0 aliphatic rings. The highest BCUT2D eigenvalue weighted by Gasteiger charge is 2.20. The summed E-state index contributed by atoms with van der Waals surface area (Å²) in [6.07, 6.45) is 5.05. The van der Waals surface area contributed by atoms with Crippen LogP contribution in [0.25, 0.3) is 10.6 Å². The van der Waals surface area contributed by atoms with E-state index in [2.05, 4.69) is 15.3 Å². The smallest absolute Gasteiger partial charge is 0.232 e. The summed E-state index contributed by atoms with van der Waals surface area (Å²) in [5.74, 6) is -0.0621. The molecule has 2 heterocycles. The number of carbonyl (C=O) groups excluding carboxylic acids is 1. The van der Waals surface area contributed by atoms with Crippen LogP contribution in [0.5, 0.6) is 0 Å². The number of anilines is 1. The standard InChI is InChI=1S/C14H17N3O2S2/c1-9(8-21(3)19)12(18)17-13-10(2)16-14(20-13)11-5-4-6-15-7-11/h4-7,9H,8H2,1-3H3,(H,17,18). The van der Waals surface area contributed by atoms with Gasteiger partial charge >= 0.3 is 0 Å². The van der Waals surface area contributed by atoms with Crippen LogP contribution in [-0.2, 0) is 16.0 Å². The van der Waals surface area contributed by atoms with E-state index < -0.39 is 11.2 Å². The molecule has 112 valence electrons. The number of hydrogen-bond acceptors (Lipinski definition) is 5. The van der Waals surface area contributed by atoms with E-state index in [4.69, 9.17) is 0 Å². The van der Waals surface area contributed by atoms with E-state index in [1.165, 1.54) is 11.3 Å². The van der Waals surface area contributed by atoms with Gasteiger partial charge in [-0.25, -0.2) is 4.98 Å². The first-order valence-corrected chi connectivity index (χ1v) is 9.00. The Morgan fingerprint density at radius 3 is 2.95 bits per heavy atom. The molecule has 0 aromatic carbocycles. The van der Waals surface area contributed by atoms with Gasteiger partial charge in [0.05, 0.1) is 17.9 Å². The zero-order valence-electron chi connectivity index (χ0n) is 12.1. The number of pyridine rings is 1. The monoisotopic (exact) mass is 323 g/mol. The maximum Gasteiger partial charge on any atom is 0.232 e. The lowest BCUT2D eigenvalue weighted by Crippen LogP contribution is -2.26. The number of nitrogens with zero attached hydrogens (tertiary/aromatic N) is 2. The van der Waals surface area contributed by atoms with E-state index in [9.17, 15) is 9.35 Å². The summed E-state index contributed by atoms with van der Waals surface area (Å²) in [6, 6.07) is 3.78. The molecule has 5 nitrogen and oxygen atoms in total. The molecule has 7 heteroatoms. The Hall–Kier alpha value is -1.44. The van der Waals surface area contributed by atoms with E-state index in [0.29, 0.717) is 5.75 Å². The Kier molecular flexibility index (Phi) is 5.33. The Morgan fingerprint density at radius 2 is 2.33 bits per heavy atom. The Labute approximate surface area is 131 Å². The average molecular weight is 323 g/mol. The molecular weight excluding hydrogens is 306 g/mol. The maximum absolute atomic E-state index is 12.1. The van der Waals surface area contributed by atoms with E-state index in [1.807, 2.05) is 19.1 Å². The van der Waals surface area contributed by atoms with Crippen molar-refractivity contribution in [2.45, 2.75) is 13.8 Å². The molecule has 2 rings (SSSR count). The molecule has 0 aliphatic carbocycles. The van der Waals surface area contributed by atoms with Crippen LogP contribution < -0.4 is 5.32 Å². The van der Waals surface area contributed by atoms with Crippen molar-refractivity contribution in [1.82, 2.24) is 9.97 Å². The van der Waals surface area contributed by atoms with Gasteiger partial charge in [0.25, 0.3) is 0 Å². The van der Waals surface area contributed by atoms with Crippen LogP contribution in [0, 0.1) is 12.8 Å². The zero-order valence-corrected chi connectivity index (χ0v) is 13.8. The Morgan fingerprint density at radius 1 is 1.57 bits per heavy atom. The number of thiazole rings is 1. The number of nitrogens with one attached hydrogen (secondary N) is 1. The second-order valence-electron chi connectivity index (χ2n) is 4.81. The van der Waals surface area contributed by atoms with Crippen molar-refractivity contribution in [3.05, 3.63) is 30.2 Å². The number of carbonyl (C=O) groups is 1. The van der Waals surface area contributed by atoms with Crippen molar-refractivity contribution in [2.24, 2.45) is 5.92 Å². The van der Waals surface area contributed by atoms with Crippen molar-refractivity contribution >= 4 is 33.4 Å². The van der Waals surface area contributed by atoms with Gasteiger partial charge in [0.1, 0.15) is 15.8 Å². The third-order valence-corrected chi connectivity index (χ3v) is 4.97. The molecule has 2 atom stereocenters. The fourth-order valence-corrected chi connectivity index (χ4v) is 3.60. The molecule has 0 spiro atoms. The lowest BCUT2D eigenvalue weighted by atomic mass is 10.2. The molecule has 1 amide bonds. The van der Waals surface area contributed by atoms with E-state index >= 15 is 0 Å². The third kappa shape index (κ3) is 4.26. The topological polar surface area (TPSA) is 77.9 Å². The van der Waals surface area contributed by atoms with Gasteiger partial charge < -0.3 is 9.87 Å². The lowest BCUT2D eigenvalue weighted by Gasteiger charge is -2.12. The van der Waals surface area contributed by atoms with Gasteiger partial charge in [0.2, 0.25) is 5.91 Å². The normalized spacial score (nSPS) is 13.7. The van der Waals surface area contributed by atoms with Crippen LogP contribution in [0.15, 0.2) is 24.5 Å². The molecule has 0 fully saturated rings. The van der Waals surface area contributed by atoms with Crippen LogP contribution in [0.4, 0.5) is 5.00 Å². The number of amides is 1. The number of hydrogen-bond donors (Lipinski definition) is 1. The summed E-state index contributed by atoms with van der Waals surface area (Å²) in [5.41, 5.74) is 1.70. The Bertz CT molecular complexity index is 614. The minimum absolute atomic E-state index is 0.130. The highest BCUT2D eigenvalue weighted by atomic mass is 32.2. The highest BCUT2D eigenvalue weighted by molar-refractivity contribution is 7.90. The molecule has 2 aromatic rings. The lowest BCUT2D eigenvalue weighted by molar-refractivity contribution is -0.118. The van der Waals surface area contributed by atoms with Crippen molar-refractivity contribution < 1.29 is 9.35 Å². The largest absolute Gasteiger partial charge is 0.617 e. The van der Waals surface area contributed by atoms with Crippen LogP contribution in [0.1, 0.15) is 12.6 Å². The molecular formula is C14H17N3O2S2. The molecule has 21 heavy (non-hydrogen) atoms. The highest BCUT2D eigenvalue weighted by Crippen LogP contribution is 2.31. The fraction of sp³-hybridized carbons (Fsp3) is 0.357. The van der Waals surface area contributed by atoms with Crippen LogP contribution in [0.3, 0.4) is 0 Å². The predicted molar refractivity (Wildman–Crippen MR) is 86.8 cm³/mol. The van der Waals surface area contributed by atoms with E-state index in [1.54, 1.807) is 25.6 Å². The summed E-state index contributed by atoms with van der Waals surface area (Å²) in [5, 5.41) is 4.42. The molecule has 0 radical (unpaired) electrons. The van der Waals surface area contributed by atoms with E-state index in [0.717, 1.165) is 21.3 Å². The van der Waals surface area contributed by atoms with Gasteiger partial charge in [-0.1, -0.05) is 22.5 Å². The summed E-state index contributed by atoms with van der Waals surface area (Å²) in [4.78, 5) is 20.6. The molecule has 0 saturated heterocycles. The number of aromatic nitrogens is 2. The SMILES string of the molecule is Cc1nc(-c2cccnc2)sc1NC(=O)C(C)C[S+](C)[O-]. The molecule has 2 aromatic heterocycles. The quantitative estimate of drug-likeness (QED) is 0.857. The van der Waals surface area contributed by atoms with Gasteiger partial charge in [-0.05, 0) is 26.0 Å². The fourth-order valence-electron chi connectivity index (χ4n) is 1.79. The Balaban J connectivity index is 2.11. The molecule has 0 saturated carbocycles. The van der Waals surface area contributed by atoms with Gasteiger partial charge in [0, 0.05) is 18.0 Å². The van der Waals surface area contributed by atoms with Crippen LogP contribution >= 0.6 is 11.3 Å². The first-order valence-electron chi connectivity index (χ1n) is 6.46. The zero-order chi connectivity index (χ0) is 15.4. The molecule has 0 bridgehead atoms. The average Bonchev–Trinajstić information content (AvgIpc) is 2.80. The maximum atomic E-state index is 12.1. The first kappa shape index (κ1) is 15.9. The van der Waals surface area contributed by atoms with Crippen molar-refractivity contribution in [3.8, 4) is 10.6 Å². The summed E-state index contributed by atoms with van der Waals surface area (Å²) < 4.78 is 11.2.